The lowest BCUT2D eigenvalue weighted by Gasteiger charge is -2.30. The number of thioether (sulfide) groups is 1. The molecule has 0 unspecified atom stereocenters. The van der Waals surface area contributed by atoms with E-state index in [1.807, 2.05) is 58.6 Å². The Morgan fingerprint density at radius 1 is 1.15 bits per heavy atom. The normalized spacial score (nSPS) is 13.7. The Kier molecular flexibility index (Phi) is 7.01. The SMILES string of the molecule is Cc1ccc(C)c(-n2c(SCC(=O)N(C(C)C)C(C)C)nc3sc4c(c3c2=O)CCCC4)c1. The summed E-state index contributed by atoms with van der Waals surface area (Å²) in [6, 6.07) is 6.40. The molecule has 33 heavy (non-hydrogen) atoms. The van der Waals surface area contributed by atoms with Crippen LogP contribution in [0.15, 0.2) is 28.2 Å². The Morgan fingerprint density at radius 2 is 1.85 bits per heavy atom. The third-order valence-electron chi connectivity index (χ3n) is 6.29. The summed E-state index contributed by atoms with van der Waals surface area (Å²) in [5, 5.41) is 1.37. The summed E-state index contributed by atoms with van der Waals surface area (Å²) in [5.74, 6) is 0.321. The van der Waals surface area contributed by atoms with Crippen LogP contribution >= 0.6 is 23.1 Å². The number of thiophene rings is 1. The second-order valence-electron chi connectivity index (χ2n) is 9.49. The molecular formula is C26H33N3O2S2. The van der Waals surface area contributed by atoms with Gasteiger partial charge in [0.1, 0.15) is 4.83 Å². The summed E-state index contributed by atoms with van der Waals surface area (Å²) in [6.07, 6.45) is 4.26. The van der Waals surface area contributed by atoms with Crippen molar-refractivity contribution in [3.8, 4) is 5.69 Å². The molecule has 2 heterocycles. The number of hydrogen-bond donors (Lipinski definition) is 0. The molecule has 4 rings (SSSR count). The van der Waals surface area contributed by atoms with Crippen LogP contribution in [-0.2, 0) is 17.6 Å². The predicted molar refractivity (Wildman–Crippen MR) is 139 cm³/mol. The molecule has 1 amide bonds. The molecule has 3 aromatic rings. The van der Waals surface area contributed by atoms with Gasteiger partial charge in [-0.05, 0) is 90.0 Å². The van der Waals surface area contributed by atoms with E-state index in [1.54, 1.807) is 15.9 Å². The molecule has 0 spiro atoms. The summed E-state index contributed by atoms with van der Waals surface area (Å²) in [5.41, 5.74) is 4.15. The van der Waals surface area contributed by atoms with Gasteiger partial charge in [-0.15, -0.1) is 11.3 Å². The van der Waals surface area contributed by atoms with Gasteiger partial charge >= 0.3 is 0 Å². The minimum atomic E-state index is -0.00683. The first-order valence-corrected chi connectivity index (χ1v) is 13.6. The Labute approximate surface area is 204 Å². The highest BCUT2D eigenvalue weighted by Gasteiger charge is 2.25. The Morgan fingerprint density at radius 3 is 2.55 bits per heavy atom. The van der Waals surface area contributed by atoms with Crippen LogP contribution in [-0.4, -0.2) is 38.2 Å². The summed E-state index contributed by atoms with van der Waals surface area (Å²) < 4.78 is 1.75. The quantitative estimate of drug-likeness (QED) is 0.334. The number of aromatic nitrogens is 2. The summed E-state index contributed by atoms with van der Waals surface area (Å²) >= 11 is 3.03. The molecule has 0 atom stereocenters. The standard InChI is InChI=1S/C26H33N3O2S2/c1-15(2)28(16(3)4)22(30)14-32-26-27-24-23(19-9-7-8-10-21(19)33-24)25(31)29(26)20-13-17(5)11-12-18(20)6/h11-13,15-16H,7-10,14H2,1-6H3. The topological polar surface area (TPSA) is 55.2 Å². The van der Waals surface area contributed by atoms with Crippen LogP contribution in [0.5, 0.6) is 0 Å². The molecule has 2 aromatic heterocycles. The Bertz CT molecular complexity index is 1250. The van der Waals surface area contributed by atoms with Crippen molar-refractivity contribution < 1.29 is 4.79 Å². The van der Waals surface area contributed by atoms with Crippen LogP contribution < -0.4 is 5.56 Å². The van der Waals surface area contributed by atoms with Crippen LogP contribution in [0.25, 0.3) is 15.9 Å². The van der Waals surface area contributed by atoms with Crippen molar-refractivity contribution in [2.24, 2.45) is 0 Å². The summed E-state index contributed by atoms with van der Waals surface area (Å²) in [4.78, 5) is 36.0. The molecule has 176 valence electrons. The maximum atomic E-state index is 14.0. The molecule has 5 nitrogen and oxygen atoms in total. The molecule has 1 aliphatic carbocycles. The number of hydrogen-bond acceptors (Lipinski definition) is 5. The fraction of sp³-hybridized carbons (Fsp3) is 0.500. The molecule has 7 heteroatoms. The first-order valence-electron chi connectivity index (χ1n) is 11.8. The van der Waals surface area contributed by atoms with Gasteiger partial charge in [-0.1, -0.05) is 23.9 Å². The van der Waals surface area contributed by atoms with Crippen LogP contribution in [0.1, 0.15) is 62.1 Å². The van der Waals surface area contributed by atoms with E-state index in [0.717, 1.165) is 46.3 Å². The van der Waals surface area contributed by atoms with E-state index in [2.05, 4.69) is 6.07 Å². The third-order valence-corrected chi connectivity index (χ3v) is 8.40. The highest BCUT2D eigenvalue weighted by atomic mass is 32.2. The maximum absolute atomic E-state index is 14.0. The van der Waals surface area contributed by atoms with Gasteiger partial charge in [-0.2, -0.15) is 0 Å². The van der Waals surface area contributed by atoms with Gasteiger partial charge in [-0.3, -0.25) is 14.2 Å². The first-order chi connectivity index (χ1) is 15.7. The van der Waals surface area contributed by atoms with Gasteiger partial charge in [-0.25, -0.2) is 4.98 Å². The molecule has 0 fully saturated rings. The second-order valence-corrected chi connectivity index (χ2v) is 11.5. The number of aryl methyl sites for hydroxylation is 4. The van der Waals surface area contributed by atoms with Gasteiger partial charge in [0, 0.05) is 17.0 Å². The zero-order valence-corrected chi connectivity index (χ0v) is 22.0. The van der Waals surface area contributed by atoms with Crippen LogP contribution in [0.4, 0.5) is 0 Å². The highest BCUT2D eigenvalue weighted by molar-refractivity contribution is 7.99. The monoisotopic (exact) mass is 483 g/mol. The van der Waals surface area contributed by atoms with Crippen molar-refractivity contribution in [1.29, 1.82) is 0 Å². The lowest BCUT2D eigenvalue weighted by molar-refractivity contribution is -0.131. The van der Waals surface area contributed by atoms with Crippen LogP contribution in [0.2, 0.25) is 0 Å². The first kappa shape index (κ1) is 24.0. The minimum absolute atomic E-state index is 0.00683. The third kappa shape index (κ3) is 4.62. The largest absolute Gasteiger partial charge is 0.337 e. The fourth-order valence-electron chi connectivity index (χ4n) is 4.83. The minimum Gasteiger partial charge on any atom is -0.337 e. The van der Waals surface area contributed by atoms with Crippen molar-refractivity contribution in [1.82, 2.24) is 14.5 Å². The van der Waals surface area contributed by atoms with Gasteiger partial charge < -0.3 is 4.90 Å². The zero-order chi connectivity index (χ0) is 23.9. The van der Waals surface area contributed by atoms with Gasteiger partial charge in [0.2, 0.25) is 5.91 Å². The Hall–Kier alpha value is -2.12. The number of amides is 1. The van der Waals surface area contributed by atoms with Crippen molar-refractivity contribution in [3.05, 3.63) is 50.1 Å². The highest BCUT2D eigenvalue weighted by Crippen LogP contribution is 2.35. The lowest BCUT2D eigenvalue weighted by Crippen LogP contribution is -2.43. The smallest absolute Gasteiger partial charge is 0.267 e. The van der Waals surface area contributed by atoms with Gasteiger partial charge in [0.05, 0.1) is 16.8 Å². The predicted octanol–water partition coefficient (Wildman–Crippen LogP) is 5.68. The maximum Gasteiger partial charge on any atom is 0.267 e. The van der Waals surface area contributed by atoms with Gasteiger partial charge in [0.25, 0.3) is 5.56 Å². The number of benzene rings is 1. The van der Waals surface area contributed by atoms with E-state index < -0.39 is 0 Å². The number of fused-ring (bicyclic) bond motifs is 3. The van der Waals surface area contributed by atoms with E-state index in [1.165, 1.54) is 28.6 Å². The van der Waals surface area contributed by atoms with E-state index in [9.17, 15) is 9.59 Å². The van der Waals surface area contributed by atoms with Crippen molar-refractivity contribution in [2.75, 3.05) is 5.75 Å². The van der Waals surface area contributed by atoms with E-state index in [-0.39, 0.29) is 29.3 Å². The number of carbonyl (C=O) groups is 1. The van der Waals surface area contributed by atoms with Gasteiger partial charge in [0.15, 0.2) is 5.16 Å². The molecule has 1 aromatic carbocycles. The summed E-state index contributed by atoms with van der Waals surface area (Å²) in [6.45, 7) is 12.2. The van der Waals surface area contributed by atoms with Crippen LogP contribution in [0.3, 0.4) is 0 Å². The average Bonchev–Trinajstić information content (AvgIpc) is 3.12. The average molecular weight is 484 g/mol. The van der Waals surface area contributed by atoms with E-state index in [0.29, 0.717) is 5.16 Å². The fourth-order valence-corrected chi connectivity index (χ4v) is 7.01. The van der Waals surface area contributed by atoms with E-state index in [4.69, 9.17) is 4.98 Å². The molecule has 0 saturated heterocycles. The molecule has 1 aliphatic rings. The molecule has 0 bridgehead atoms. The Balaban J connectivity index is 1.85. The molecule has 0 N–H and O–H groups in total. The molecular weight excluding hydrogens is 450 g/mol. The van der Waals surface area contributed by atoms with Crippen molar-refractivity contribution in [2.45, 2.75) is 84.5 Å². The summed E-state index contributed by atoms with van der Waals surface area (Å²) in [7, 11) is 0. The van der Waals surface area contributed by atoms with Crippen molar-refractivity contribution in [3.63, 3.8) is 0 Å². The molecule has 0 radical (unpaired) electrons. The zero-order valence-electron chi connectivity index (χ0n) is 20.4. The number of carbonyl (C=O) groups excluding carboxylic acids is 1. The number of nitrogens with zero attached hydrogens (tertiary/aromatic N) is 3. The molecule has 0 aliphatic heterocycles. The lowest BCUT2D eigenvalue weighted by atomic mass is 9.97. The number of rotatable bonds is 6. The van der Waals surface area contributed by atoms with Crippen molar-refractivity contribution >= 4 is 39.2 Å². The van der Waals surface area contributed by atoms with E-state index >= 15 is 0 Å². The molecule has 0 saturated carbocycles. The van der Waals surface area contributed by atoms with Crippen LogP contribution in [0, 0.1) is 13.8 Å². The second kappa shape index (κ2) is 9.63.